The highest BCUT2D eigenvalue weighted by Crippen LogP contribution is 2.21. The summed E-state index contributed by atoms with van der Waals surface area (Å²) in [6, 6.07) is 0. The molecular formula is C12H21N3O2S. The van der Waals surface area contributed by atoms with E-state index in [-0.39, 0.29) is 12.0 Å². The number of anilines is 1. The topological polar surface area (TPSA) is 75.1 Å². The number of carbonyl (C=O) groups is 1. The third kappa shape index (κ3) is 5.44. The van der Waals surface area contributed by atoms with Gasteiger partial charge in [0.1, 0.15) is 5.82 Å². The Hall–Kier alpha value is -1.17. The van der Waals surface area contributed by atoms with Crippen LogP contribution in [0.2, 0.25) is 0 Å². The number of nitrogens with zero attached hydrogens (tertiary/aromatic N) is 2. The maximum absolute atomic E-state index is 10.6. The first-order chi connectivity index (χ1) is 8.28. The Morgan fingerprint density at radius 3 is 2.72 bits per heavy atom. The Labute approximate surface area is 112 Å². The summed E-state index contributed by atoms with van der Waals surface area (Å²) in [6.07, 6.45) is 1.58. The highest BCUT2D eigenvalue weighted by Gasteiger charge is 2.20. The number of carboxylic acid groups (broad SMARTS) is 1. The van der Waals surface area contributed by atoms with E-state index in [1.807, 2.05) is 13.8 Å². The van der Waals surface area contributed by atoms with E-state index in [1.165, 1.54) is 11.5 Å². The van der Waals surface area contributed by atoms with Crippen LogP contribution in [0.25, 0.3) is 0 Å². The molecule has 0 bridgehead atoms. The van der Waals surface area contributed by atoms with Crippen LogP contribution in [0.5, 0.6) is 0 Å². The first-order valence-electron chi connectivity index (χ1n) is 6.11. The van der Waals surface area contributed by atoms with Gasteiger partial charge in [-0.15, -0.1) is 0 Å². The molecule has 6 heteroatoms. The maximum Gasteiger partial charge on any atom is 0.303 e. The number of aromatic nitrogens is 2. The number of aliphatic carboxylic acids is 1. The van der Waals surface area contributed by atoms with E-state index in [0.29, 0.717) is 12.3 Å². The normalized spacial score (nSPS) is 11.8. The standard InChI is InChI=1S/C12H21N3O2S/c1-8(2)7-9-13-11(18-15-9)14-12(3,4)6-5-10(16)17/h8H,5-7H2,1-4H3,(H,16,17)(H,13,14,15). The number of nitrogens with one attached hydrogen (secondary N) is 1. The van der Waals surface area contributed by atoms with Crippen LogP contribution in [-0.4, -0.2) is 26.0 Å². The van der Waals surface area contributed by atoms with Gasteiger partial charge in [-0.05, 0) is 26.2 Å². The second-order valence-corrected chi connectivity index (χ2v) is 6.27. The molecule has 5 nitrogen and oxygen atoms in total. The molecular weight excluding hydrogens is 250 g/mol. The van der Waals surface area contributed by atoms with Crippen molar-refractivity contribution in [3.63, 3.8) is 0 Å². The predicted molar refractivity (Wildman–Crippen MR) is 73.0 cm³/mol. The van der Waals surface area contributed by atoms with Gasteiger partial charge in [-0.3, -0.25) is 4.79 Å². The number of carboxylic acids is 1. The zero-order valence-corrected chi connectivity index (χ0v) is 12.2. The molecule has 0 aliphatic rings. The number of rotatable bonds is 7. The van der Waals surface area contributed by atoms with Crippen LogP contribution in [-0.2, 0) is 11.2 Å². The summed E-state index contributed by atoms with van der Waals surface area (Å²) in [6.45, 7) is 8.20. The van der Waals surface area contributed by atoms with Gasteiger partial charge in [-0.1, -0.05) is 13.8 Å². The first-order valence-corrected chi connectivity index (χ1v) is 6.88. The van der Waals surface area contributed by atoms with Crippen LogP contribution in [0.1, 0.15) is 46.4 Å². The summed E-state index contributed by atoms with van der Waals surface area (Å²) in [7, 11) is 0. The van der Waals surface area contributed by atoms with Crippen molar-refractivity contribution in [3.05, 3.63) is 5.82 Å². The minimum Gasteiger partial charge on any atom is -0.481 e. The molecule has 1 aromatic heterocycles. The third-order valence-electron chi connectivity index (χ3n) is 2.47. The second-order valence-electron chi connectivity index (χ2n) is 5.52. The molecule has 1 aromatic rings. The fourth-order valence-electron chi connectivity index (χ4n) is 1.52. The zero-order valence-electron chi connectivity index (χ0n) is 11.4. The summed E-state index contributed by atoms with van der Waals surface area (Å²) in [4.78, 5) is 15.0. The molecule has 0 saturated heterocycles. The molecule has 1 rings (SSSR count). The molecule has 0 aromatic carbocycles. The van der Waals surface area contributed by atoms with E-state index in [2.05, 4.69) is 28.5 Å². The van der Waals surface area contributed by atoms with Crippen molar-refractivity contribution in [2.45, 2.75) is 52.5 Å². The van der Waals surface area contributed by atoms with Gasteiger partial charge < -0.3 is 10.4 Å². The van der Waals surface area contributed by atoms with Crippen molar-refractivity contribution in [1.82, 2.24) is 9.36 Å². The molecule has 0 radical (unpaired) electrons. The Morgan fingerprint density at radius 1 is 1.50 bits per heavy atom. The third-order valence-corrected chi connectivity index (χ3v) is 3.14. The molecule has 0 aliphatic heterocycles. The highest BCUT2D eigenvalue weighted by molar-refractivity contribution is 7.09. The van der Waals surface area contributed by atoms with Gasteiger partial charge >= 0.3 is 5.97 Å². The lowest BCUT2D eigenvalue weighted by molar-refractivity contribution is -0.137. The predicted octanol–water partition coefficient (Wildman–Crippen LogP) is 2.79. The molecule has 0 unspecified atom stereocenters. The van der Waals surface area contributed by atoms with E-state index in [9.17, 15) is 4.79 Å². The van der Waals surface area contributed by atoms with Crippen molar-refractivity contribution in [1.29, 1.82) is 0 Å². The van der Waals surface area contributed by atoms with Crippen LogP contribution in [0.3, 0.4) is 0 Å². The molecule has 0 aliphatic carbocycles. The van der Waals surface area contributed by atoms with Gasteiger partial charge in [-0.25, -0.2) is 4.98 Å². The van der Waals surface area contributed by atoms with Gasteiger partial charge in [0.05, 0.1) is 0 Å². The molecule has 0 saturated carbocycles. The van der Waals surface area contributed by atoms with Crippen LogP contribution in [0, 0.1) is 5.92 Å². The van der Waals surface area contributed by atoms with E-state index in [0.717, 1.165) is 17.4 Å². The largest absolute Gasteiger partial charge is 0.481 e. The molecule has 0 spiro atoms. The van der Waals surface area contributed by atoms with Crippen LogP contribution >= 0.6 is 11.5 Å². The van der Waals surface area contributed by atoms with E-state index < -0.39 is 5.97 Å². The average molecular weight is 271 g/mol. The lowest BCUT2D eigenvalue weighted by atomic mass is 9.99. The van der Waals surface area contributed by atoms with Crippen LogP contribution < -0.4 is 5.32 Å². The summed E-state index contributed by atoms with van der Waals surface area (Å²) in [5.74, 6) is 0.613. The molecule has 18 heavy (non-hydrogen) atoms. The maximum atomic E-state index is 10.6. The molecule has 0 fully saturated rings. The van der Waals surface area contributed by atoms with Gasteiger partial charge in [0.25, 0.3) is 0 Å². The second kappa shape index (κ2) is 6.13. The molecule has 2 N–H and O–H groups in total. The van der Waals surface area contributed by atoms with Crippen LogP contribution in [0.15, 0.2) is 0 Å². The van der Waals surface area contributed by atoms with Gasteiger partial charge in [-0.2, -0.15) is 4.37 Å². The Kier molecular flexibility index (Phi) is 5.07. The number of hydrogen-bond acceptors (Lipinski definition) is 5. The summed E-state index contributed by atoms with van der Waals surface area (Å²) in [5, 5.41) is 12.7. The monoisotopic (exact) mass is 271 g/mol. The van der Waals surface area contributed by atoms with Gasteiger partial charge in [0, 0.05) is 29.9 Å². The highest BCUT2D eigenvalue weighted by atomic mass is 32.1. The average Bonchev–Trinajstić information content (AvgIpc) is 2.61. The van der Waals surface area contributed by atoms with Gasteiger partial charge in [0.2, 0.25) is 5.13 Å². The van der Waals surface area contributed by atoms with Crippen molar-refractivity contribution < 1.29 is 9.90 Å². The molecule has 102 valence electrons. The minimum atomic E-state index is -0.775. The van der Waals surface area contributed by atoms with E-state index in [4.69, 9.17) is 5.11 Å². The summed E-state index contributed by atoms with van der Waals surface area (Å²) in [5.41, 5.74) is -0.285. The van der Waals surface area contributed by atoms with E-state index >= 15 is 0 Å². The number of hydrogen-bond donors (Lipinski definition) is 2. The summed E-state index contributed by atoms with van der Waals surface area (Å²) < 4.78 is 4.29. The van der Waals surface area contributed by atoms with E-state index in [1.54, 1.807) is 0 Å². The first kappa shape index (κ1) is 14.9. The van der Waals surface area contributed by atoms with Crippen molar-refractivity contribution in [3.8, 4) is 0 Å². The minimum absolute atomic E-state index is 0.150. The van der Waals surface area contributed by atoms with Crippen molar-refractivity contribution >= 4 is 22.6 Å². The Morgan fingerprint density at radius 2 is 2.17 bits per heavy atom. The fourth-order valence-corrected chi connectivity index (χ4v) is 2.30. The quantitative estimate of drug-likeness (QED) is 0.797. The molecule has 0 amide bonds. The fraction of sp³-hybridized carbons (Fsp3) is 0.750. The molecule has 0 atom stereocenters. The van der Waals surface area contributed by atoms with Crippen molar-refractivity contribution in [2.24, 2.45) is 5.92 Å². The zero-order chi connectivity index (χ0) is 13.8. The lowest BCUT2D eigenvalue weighted by Crippen LogP contribution is -2.31. The van der Waals surface area contributed by atoms with Gasteiger partial charge in [0.15, 0.2) is 0 Å². The Bertz CT molecular complexity index is 402. The van der Waals surface area contributed by atoms with Crippen molar-refractivity contribution in [2.75, 3.05) is 5.32 Å². The SMILES string of the molecule is CC(C)Cc1nsc(NC(C)(C)CCC(=O)O)n1. The molecule has 1 heterocycles. The summed E-state index contributed by atoms with van der Waals surface area (Å²) >= 11 is 1.33. The Balaban J connectivity index is 2.55. The van der Waals surface area contributed by atoms with Crippen LogP contribution in [0.4, 0.5) is 5.13 Å². The smallest absolute Gasteiger partial charge is 0.303 e. The lowest BCUT2D eigenvalue weighted by Gasteiger charge is -2.24.